The van der Waals surface area contributed by atoms with Crippen molar-refractivity contribution in [1.82, 2.24) is 0 Å². The summed E-state index contributed by atoms with van der Waals surface area (Å²) in [6.07, 6.45) is 0. The molecule has 0 aliphatic carbocycles. The number of phenols is 1. The lowest BCUT2D eigenvalue weighted by Gasteiger charge is -2.13. The second-order valence-electron chi connectivity index (χ2n) is 4.81. The number of sulfonamides is 1. The third kappa shape index (κ3) is 3.17. The molecule has 22 heavy (non-hydrogen) atoms. The Balaban J connectivity index is 2.38. The van der Waals surface area contributed by atoms with Crippen LogP contribution in [0, 0.1) is 24.0 Å². The number of rotatable bonds is 4. The van der Waals surface area contributed by atoms with E-state index in [9.17, 15) is 23.6 Å². The summed E-state index contributed by atoms with van der Waals surface area (Å²) in [5, 5.41) is 20.1. The van der Waals surface area contributed by atoms with Gasteiger partial charge < -0.3 is 5.11 Å². The van der Waals surface area contributed by atoms with E-state index >= 15 is 0 Å². The van der Waals surface area contributed by atoms with Gasteiger partial charge in [0.2, 0.25) is 0 Å². The molecular weight excluding hydrogens is 308 g/mol. The molecule has 2 aromatic rings. The van der Waals surface area contributed by atoms with E-state index in [2.05, 4.69) is 4.72 Å². The van der Waals surface area contributed by atoms with Gasteiger partial charge in [0.25, 0.3) is 15.7 Å². The van der Waals surface area contributed by atoms with Gasteiger partial charge in [0, 0.05) is 12.1 Å². The van der Waals surface area contributed by atoms with Crippen LogP contribution in [0.4, 0.5) is 11.4 Å². The zero-order valence-corrected chi connectivity index (χ0v) is 12.7. The molecule has 0 fully saturated rings. The van der Waals surface area contributed by atoms with Crippen LogP contribution < -0.4 is 4.72 Å². The summed E-state index contributed by atoms with van der Waals surface area (Å²) in [6.45, 7) is 3.33. The summed E-state index contributed by atoms with van der Waals surface area (Å²) >= 11 is 0. The summed E-state index contributed by atoms with van der Waals surface area (Å²) in [5.74, 6) is 0.0493. The molecule has 116 valence electrons. The second kappa shape index (κ2) is 5.64. The fourth-order valence-electron chi connectivity index (χ4n) is 2.04. The van der Waals surface area contributed by atoms with Gasteiger partial charge in [-0.05, 0) is 49.2 Å². The number of nitro benzene ring substituents is 1. The molecule has 0 unspecified atom stereocenters. The standard InChI is InChI=1S/C14H14N2O5S/c1-9-7-12(17)8-10(2)14(9)15-22(20,21)13-5-3-11(4-6-13)16(18)19/h3-8,15,17H,1-2H3. The third-order valence-electron chi connectivity index (χ3n) is 3.11. The zero-order chi connectivity index (χ0) is 16.5. The largest absolute Gasteiger partial charge is 0.508 e. The fourth-order valence-corrected chi connectivity index (χ4v) is 3.24. The average Bonchev–Trinajstić information content (AvgIpc) is 2.43. The van der Waals surface area contributed by atoms with Crippen molar-refractivity contribution in [2.45, 2.75) is 18.7 Å². The summed E-state index contributed by atoms with van der Waals surface area (Å²) in [5.41, 5.74) is 1.33. The Bertz CT molecular complexity index is 806. The van der Waals surface area contributed by atoms with E-state index in [1.807, 2.05) is 0 Å². The smallest absolute Gasteiger partial charge is 0.269 e. The number of aromatic hydroxyl groups is 1. The fraction of sp³-hybridized carbons (Fsp3) is 0.143. The molecule has 0 saturated carbocycles. The van der Waals surface area contributed by atoms with Gasteiger partial charge in [-0.15, -0.1) is 0 Å². The Labute approximate surface area is 127 Å². The first-order valence-corrected chi connectivity index (χ1v) is 7.76. The van der Waals surface area contributed by atoms with E-state index in [1.165, 1.54) is 24.3 Å². The zero-order valence-electron chi connectivity index (χ0n) is 11.9. The first-order valence-electron chi connectivity index (χ1n) is 6.28. The average molecular weight is 322 g/mol. The summed E-state index contributed by atoms with van der Waals surface area (Å²) in [4.78, 5) is 9.91. The van der Waals surface area contributed by atoms with Crippen molar-refractivity contribution in [2.24, 2.45) is 0 Å². The minimum Gasteiger partial charge on any atom is -0.508 e. The van der Waals surface area contributed by atoms with Crippen LogP contribution >= 0.6 is 0 Å². The molecule has 7 nitrogen and oxygen atoms in total. The number of nitro groups is 1. The minimum atomic E-state index is -3.87. The van der Waals surface area contributed by atoms with Crippen molar-refractivity contribution < 1.29 is 18.4 Å². The van der Waals surface area contributed by atoms with Crippen LogP contribution in [-0.2, 0) is 10.0 Å². The van der Waals surface area contributed by atoms with E-state index in [0.29, 0.717) is 16.8 Å². The number of nitrogens with zero attached hydrogens (tertiary/aromatic N) is 1. The van der Waals surface area contributed by atoms with Crippen molar-refractivity contribution >= 4 is 21.4 Å². The van der Waals surface area contributed by atoms with E-state index in [1.54, 1.807) is 13.8 Å². The number of hydrogen-bond donors (Lipinski definition) is 2. The van der Waals surface area contributed by atoms with E-state index in [4.69, 9.17) is 0 Å². The first kappa shape index (κ1) is 15.8. The maximum Gasteiger partial charge on any atom is 0.269 e. The number of phenolic OH excluding ortho intramolecular Hbond substituents is 1. The van der Waals surface area contributed by atoms with Crippen LogP contribution in [0.15, 0.2) is 41.3 Å². The lowest BCUT2D eigenvalue weighted by atomic mass is 10.1. The van der Waals surface area contributed by atoms with Gasteiger partial charge >= 0.3 is 0 Å². The van der Waals surface area contributed by atoms with Crippen LogP contribution in [0.5, 0.6) is 5.75 Å². The Morgan fingerprint density at radius 3 is 2.05 bits per heavy atom. The molecule has 2 aromatic carbocycles. The number of benzene rings is 2. The molecule has 0 aliphatic rings. The normalized spacial score (nSPS) is 11.2. The molecule has 2 N–H and O–H groups in total. The van der Waals surface area contributed by atoms with Crippen molar-refractivity contribution in [3.63, 3.8) is 0 Å². The SMILES string of the molecule is Cc1cc(O)cc(C)c1NS(=O)(=O)c1ccc([N+](=O)[O-])cc1. The molecule has 8 heteroatoms. The molecule has 0 spiro atoms. The molecule has 2 rings (SSSR count). The van der Waals surface area contributed by atoms with E-state index in [0.717, 1.165) is 12.1 Å². The van der Waals surface area contributed by atoms with Gasteiger partial charge in [-0.3, -0.25) is 14.8 Å². The molecule has 0 saturated heterocycles. The lowest BCUT2D eigenvalue weighted by Crippen LogP contribution is -2.14. The monoisotopic (exact) mass is 322 g/mol. The number of aryl methyl sites for hydroxylation is 2. The molecule has 0 bridgehead atoms. The summed E-state index contributed by atoms with van der Waals surface area (Å²) in [7, 11) is -3.87. The topological polar surface area (TPSA) is 110 Å². The summed E-state index contributed by atoms with van der Waals surface area (Å²) < 4.78 is 27.1. The van der Waals surface area contributed by atoms with Gasteiger partial charge in [-0.25, -0.2) is 8.42 Å². The number of nitrogens with one attached hydrogen (secondary N) is 1. The Kier molecular flexibility index (Phi) is 4.05. The van der Waals surface area contributed by atoms with Crippen molar-refractivity contribution in [3.05, 3.63) is 57.6 Å². The number of non-ortho nitro benzene ring substituents is 1. The Morgan fingerprint density at radius 2 is 1.59 bits per heavy atom. The van der Waals surface area contributed by atoms with Gasteiger partial charge in [-0.2, -0.15) is 0 Å². The highest BCUT2D eigenvalue weighted by Gasteiger charge is 2.18. The highest BCUT2D eigenvalue weighted by molar-refractivity contribution is 7.92. The highest BCUT2D eigenvalue weighted by atomic mass is 32.2. The van der Waals surface area contributed by atoms with Gasteiger partial charge in [0.1, 0.15) is 5.75 Å². The van der Waals surface area contributed by atoms with E-state index < -0.39 is 14.9 Å². The molecule has 0 aromatic heterocycles. The molecule has 0 atom stereocenters. The maximum absolute atomic E-state index is 12.3. The maximum atomic E-state index is 12.3. The van der Waals surface area contributed by atoms with Crippen LogP contribution in [0.25, 0.3) is 0 Å². The predicted octanol–water partition coefficient (Wildman–Crippen LogP) is 2.72. The van der Waals surface area contributed by atoms with Gasteiger partial charge in [0.05, 0.1) is 15.5 Å². The minimum absolute atomic E-state index is 0.0493. The Morgan fingerprint density at radius 1 is 1.09 bits per heavy atom. The number of hydrogen-bond acceptors (Lipinski definition) is 5. The molecule has 0 aliphatic heterocycles. The second-order valence-corrected chi connectivity index (χ2v) is 6.49. The quantitative estimate of drug-likeness (QED) is 0.511. The highest BCUT2D eigenvalue weighted by Crippen LogP contribution is 2.28. The molecule has 0 amide bonds. The van der Waals surface area contributed by atoms with Crippen molar-refractivity contribution in [2.75, 3.05) is 4.72 Å². The van der Waals surface area contributed by atoms with E-state index in [-0.39, 0.29) is 16.3 Å². The van der Waals surface area contributed by atoms with Crippen LogP contribution in [0.3, 0.4) is 0 Å². The van der Waals surface area contributed by atoms with Crippen molar-refractivity contribution in [1.29, 1.82) is 0 Å². The predicted molar refractivity (Wildman–Crippen MR) is 81.5 cm³/mol. The van der Waals surface area contributed by atoms with Crippen LogP contribution in [0.2, 0.25) is 0 Å². The van der Waals surface area contributed by atoms with Crippen LogP contribution in [0.1, 0.15) is 11.1 Å². The van der Waals surface area contributed by atoms with Crippen LogP contribution in [-0.4, -0.2) is 18.4 Å². The molecule has 0 heterocycles. The Hall–Kier alpha value is -2.61. The molecular formula is C14H14N2O5S. The first-order chi connectivity index (χ1) is 10.2. The third-order valence-corrected chi connectivity index (χ3v) is 4.48. The van der Waals surface area contributed by atoms with Gasteiger partial charge in [0.15, 0.2) is 0 Å². The van der Waals surface area contributed by atoms with Gasteiger partial charge in [-0.1, -0.05) is 0 Å². The lowest BCUT2D eigenvalue weighted by molar-refractivity contribution is -0.384. The van der Waals surface area contributed by atoms with Crippen molar-refractivity contribution in [3.8, 4) is 5.75 Å². The summed E-state index contributed by atoms with van der Waals surface area (Å²) in [6, 6.07) is 7.49. The number of anilines is 1. The molecule has 0 radical (unpaired) electrons.